The number of nitrogens with zero attached hydrogens (tertiary/aromatic N) is 2. The number of rotatable bonds is 4. The molecule has 1 aromatic rings. The number of benzene rings is 1. The SMILES string of the molecule is CNc1ccc(CN2CCCCCCC2=O)cc1[N+](=O)[O-]. The number of amides is 1. The number of nitro benzene ring substituents is 1. The molecule has 0 saturated carbocycles. The second-order valence-electron chi connectivity index (χ2n) is 5.34. The molecule has 2 rings (SSSR count). The average molecular weight is 291 g/mol. The smallest absolute Gasteiger partial charge is 0.292 e. The molecule has 1 aliphatic rings. The fourth-order valence-corrected chi connectivity index (χ4v) is 2.64. The van der Waals surface area contributed by atoms with Crippen molar-refractivity contribution in [2.45, 2.75) is 38.6 Å². The second-order valence-corrected chi connectivity index (χ2v) is 5.34. The Balaban J connectivity index is 2.15. The molecule has 0 aliphatic carbocycles. The normalized spacial score (nSPS) is 16.2. The third-order valence-electron chi connectivity index (χ3n) is 3.82. The van der Waals surface area contributed by atoms with Gasteiger partial charge in [0, 0.05) is 32.6 Å². The van der Waals surface area contributed by atoms with E-state index >= 15 is 0 Å². The van der Waals surface area contributed by atoms with E-state index in [4.69, 9.17) is 0 Å². The first kappa shape index (κ1) is 15.3. The van der Waals surface area contributed by atoms with E-state index in [-0.39, 0.29) is 11.6 Å². The number of hydrogen-bond acceptors (Lipinski definition) is 4. The van der Waals surface area contributed by atoms with Crippen LogP contribution in [0.5, 0.6) is 0 Å². The standard InChI is InChI=1S/C15H21N3O3/c1-16-13-8-7-12(10-14(13)18(20)21)11-17-9-5-3-2-4-6-15(17)19/h7-8,10,16H,2-6,9,11H2,1H3. The number of anilines is 1. The van der Waals surface area contributed by atoms with Crippen molar-refractivity contribution in [3.8, 4) is 0 Å². The third kappa shape index (κ3) is 3.93. The molecule has 6 heteroatoms. The highest BCUT2D eigenvalue weighted by Crippen LogP contribution is 2.26. The monoisotopic (exact) mass is 291 g/mol. The van der Waals surface area contributed by atoms with Crippen LogP contribution in [0.1, 0.15) is 37.7 Å². The molecule has 1 N–H and O–H groups in total. The van der Waals surface area contributed by atoms with Crippen LogP contribution in [0.25, 0.3) is 0 Å². The summed E-state index contributed by atoms with van der Waals surface area (Å²) in [6.45, 7) is 1.18. The van der Waals surface area contributed by atoms with Gasteiger partial charge >= 0.3 is 0 Å². The highest BCUT2D eigenvalue weighted by molar-refractivity contribution is 5.76. The van der Waals surface area contributed by atoms with Crippen LogP contribution in [0.3, 0.4) is 0 Å². The molecule has 0 radical (unpaired) electrons. The molecule has 1 aromatic carbocycles. The Hall–Kier alpha value is -2.11. The lowest BCUT2D eigenvalue weighted by Gasteiger charge is -2.25. The van der Waals surface area contributed by atoms with Crippen LogP contribution in [0, 0.1) is 10.1 Å². The second kappa shape index (κ2) is 7.06. The van der Waals surface area contributed by atoms with Crippen molar-refractivity contribution < 1.29 is 9.72 Å². The van der Waals surface area contributed by atoms with Crippen LogP contribution in [-0.2, 0) is 11.3 Å². The van der Waals surface area contributed by atoms with E-state index < -0.39 is 4.92 Å². The predicted octanol–water partition coefficient (Wildman–Crippen LogP) is 2.93. The zero-order chi connectivity index (χ0) is 15.2. The summed E-state index contributed by atoms with van der Waals surface area (Å²) in [4.78, 5) is 24.6. The molecule has 0 aromatic heterocycles. The van der Waals surface area contributed by atoms with Crippen LogP contribution in [0.4, 0.5) is 11.4 Å². The molecular weight excluding hydrogens is 270 g/mol. The van der Waals surface area contributed by atoms with Crippen LogP contribution < -0.4 is 5.32 Å². The van der Waals surface area contributed by atoms with Gasteiger partial charge in [0.05, 0.1) is 4.92 Å². The molecule has 0 atom stereocenters. The molecule has 6 nitrogen and oxygen atoms in total. The minimum absolute atomic E-state index is 0.0505. The molecule has 114 valence electrons. The lowest BCUT2D eigenvalue weighted by molar-refractivity contribution is -0.384. The van der Waals surface area contributed by atoms with Gasteiger partial charge in [0.2, 0.25) is 5.91 Å². The molecule has 1 fully saturated rings. The summed E-state index contributed by atoms with van der Waals surface area (Å²) in [5.74, 6) is 0.148. The summed E-state index contributed by atoms with van der Waals surface area (Å²) in [5, 5.41) is 13.9. The Morgan fingerprint density at radius 1 is 1.29 bits per heavy atom. The van der Waals surface area contributed by atoms with Crippen LogP contribution >= 0.6 is 0 Å². The predicted molar refractivity (Wildman–Crippen MR) is 81.1 cm³/mol. The highest BCUT2D eigenvalue weighted by Gasteiger charge is 2.18. The van der Waals surface area contributed by atoms with Crippen molar-refractivity contribution in [2.75, 3.05) is 18.9 Å². The van der Waals surface area contributed by atoms with Crippen LogP contribution in [0.15, 0.2) is 18.2 Å². The Kier molecular flexibility index (Phi) is 5.14. The lowest BCUT2D eigenvalue weighted by atomic mass is 10.1. The van der Waals surface area contributed by atoms with E-state index in [2.05, 4.69) is 5.32 Å². The van der Waals surface area contributed by atoms with Crippen molar-refractivity contribution >= 4 is 17.3 Å². The van der Waals surface area contributed by atoms with E-state index in [9.17, 15) is 14.9 Å². The maximum Gasteiger partial charge on any atom is 0.292 e. The molecule has 1 amide bonds. The van der Waals surface area contributed by atoms with E-state index in [1.54, 1.807) is 19.2 Å². The van der Waals surface area contributed by atoms with Gasteiger partial charge in [-0.25, -0.2) is 0 Å². The van der Waals surface area contributed by atoms with Gasteiger partial charge in [-0.05, 0) is 24.5 Å². The van der Waals surface area contributed by atoms with Gasteiger partial charge in [0.1, 0.15) is 5.69 Å². The van der Waals surface area contributed by atoms with E-state index in [1.165, 1.54) is 0 Å². The quantitative estimate of drug-likeness (QED) is 0.683. The van der Waals surface area contributed by atoms with Gasteiger partial charge in [-0.3, -0.25) is 14.9 Å². The number of carbonyl (C=O) groups excluding carboxylic acids is 1. The summed E-state index contributed by atoms with van der Waals surface area (Å²) in [6, 6.07) is 5.09. The number of likely N-dealkylation sites (tertiary alicyclic amines) is 1. The summed E-state index contributed by atoms with van der Waals surface area (Å²) in [5.41, 5.74) is 1.34. The highest BCUT2D eigenvalue weighted by atomic mass is 16.6. The molecule has 0 unspecified atom stereocenters. The Morgan fingerprint density at radius 3 is 2.76 bits per heavy atom. The minimum Gasteiger partial charge on any atom is -0.383 e. The van der Waals surface area contributed by atoms with Crippen LogP contribution in [-0.4, -0.2) is 29.3 Å². The number of hydrogen-bond donors (Lipinski definition) is 1. The Morgan fingerprint density at radius 2 is 2.05 bits per heavy atom. The van der Waals surface area contributed by atoms with Gasteiger partial charge in [-0.15, -0.1) is 0 Å². The molecule has 0 bridgehead atoms. The summed E-state index contributed by atoms with van der Waals surface area (Å²) < 4.78 is 0. The Bertz CT molecular complexity index is 531. The van der Waals surface area contributed by atoms with Crippen molar-refractivity contribution in [2.24, 2.45) is 0 Å². The van der Waals surface area contributed by atoms with Crippen LogP contribution in [0.2, 0.25) is 0 Å². The minimum atomic E-state index is -0.398. The number of carbonyl (C=O) groups is 1. The largest absolute Gasteiger partial charge is 0.383 e. The van der Waals surface area contributed by atoms with Gasteiger partial charge in [0.25, 0.3) is 5.69 Å². The third-order valence-corrected chi connectivity index (χ3v) is 3.82. The summed E-state index contributed by atoms with van der Waals surface area (Å²) in [7, 11) is 1.66. The summed E-state index contributed by atoms with van der Waals surface area (Å²) >= 11 is 0. The fourth-order valence-electron chi connectivity index (χ4n) is 2.64. The molecular formula is C15H21N3O3. The maximum atomic E-state index is 12.1. The van der Waals surface area contributed by atoms with Crippen molar-refractivity contribution in [1.29, 1.82) is 0 Å². The molecule has 1 aliphatic heterocycles. The zero-order valence-corrected chi connectivity index (χ0v) is 12.3. The van der Waals surface area contributed by atoms with E-state index in [0.717, 1.165) is 37.8 Å². The van der Waals surface area contributed by atoms with Gasteiger partial charge in [-0.2, -0.15) is 0 Å². The molecule has 0 spiro atoms. The topological polar surface area (TPSA) is 75.5 Å². The van der Waals surface area contributed by atoms with Crippen molar-refractivity contribution in [3.05, 3.63) is 33.9 Å². The number of nitro groups is 1. The molecule has 21 heavy (non-hydrogen) atoms. The zero-order valence-electron chi connectivity index (χ0n) is 12.3. The Labute approximate surface area is 124 Å². The molecule has 1 saturated heterocycles. The average Bonchev–Trinajstić information content (AvgIpc) is 2.46. The van der Waals surface area contributed by atoms with Gasteiger partial charge in [-0.1, -0.05) is 18.9 Å². The first-order chi connectivity index (χ1) is 10.1. The number of nitrogens with one attached hydrogen (secondary N) is 1. The van der Waals surface area contributed by atoms with Crippen molar-refractivity contribution in [3.63, 3.8) is 0 Å². The lowest BCUT2D eigenvalue weighted by Crippen LogP contribution is -2.32. The fraction of sp³-hybridized carbons (Fsp3) is 0.533. The maximum absolute atomic E-state index is 12.1. The van der Waals surface area contributed by atoms with Gasteiger partial charge in [0.15, 0.2) is 0 Å². The van der Waals surface area contributed by atoms with Crippen molar-refractivity contribution in [1.82, 2.24) is 4.90 Å². The van der Waals surface area contributed by atoms with E-state index in [1.807, 2.05) is 11.0 Å². The first-order valence-electron chi connectivity index (χ1n) is 7.34. The molecule has 1 heterocycles. The summed E-state index contributed by atoms with van der Waals surface area (Å²) in [6.07, 6.45) is 4.78. The van der Waals surface area contributed by atoms with Gasteiger partial charge < -0.3 is 10.2 Å². The van der Waals surface area contributed by atoms with E-state index in [0.29, 0.717) is 18.7 Å². The first-order valence-corrected chi connectivity index (χ1v) is 7.34.